The van der Waals surface area contributed by atoms with E-state index in [-0.39, 0.29) is 0 Å². The molecule has 0 amide bonds. The highest BCUT2D eigenvalue weighted by molar-refractivity contribution is 6.23. The maximum atomic E-state index is 2.46. The molecule has 0 radical (unpaired) electrons. The Morgan fingerprint density at radius 1 is 0.283 bits per heavy atom. The maximum Gasteiger partial charge on any atom is 0.0619 e. The van der Waals surface area contributed by atoms with Crippen molar-refractivity contribution in [3.05, 3.63) is 170 Å². The summed E-state index contributed by atoms with van der Waals surface area (Å²) in [6.07, 6.45) is 0. The van der Waals surface area contributed by atoms with Gasteiger partial charge >= 0.3 is 0 Å². The van der Waals surface area contributed by atoms with Crippen molar-refractivity contribution in [1.29, 1.82) is 0 Å². The molecule has 2 heterocycles. The second kappa shape index (κ2) is 9.69. The summed E-state index contributed by atoms with van der Waals surface area (Å²) in [6.45, 7) is 0. The van der Waals surface area contributed by atoms with Crippen molar-refractivity contribution in [3.63, 3.8) is 0 Å². The first-order valence-electron chi connectivity index (χ1n) is 15.9. The minimum atomic E-state index is 1.16. The second-order valence-electron chi connectivity index (χ2n) is 12.2. The molecule has 0 bridgehead atoms. The third-order valence-corrected chi connectivity index (χ3v) is 9.67. The van der Waals surface area contributed by atoms with Crippen LogP contribution in [0.15, 0.2) is 170 Å². The number of hydrogen-bond acceptors (Lipinski definition) is 0. The Kier molecular flexibility index (Phi) is 5.31. The quantitative estimate of drug-likeness (QED) is 0.195. The lowest BCUT2D eigenvalue weighted by Crippen LogP contribution is -1.96. The van der Waals surface area contributed by atoms with Gasteiger partial charge in [0.05, 0.1) is 22.1 Å². The van der Waals surface area contributed by atoms with E-state index in [1.807, 2.05) is 0 Å². The topological polar surface area (TPSA) is 9.86 Å². The minimum absolute atomic E-state index is 1.16. The molecule has 0 fully saturated rings. The number of nitrogens with zero attached hydrogens (tertiary/aromatic N) is 2. The zero-order valence-electron chi connectivity index (χ0n) is 25.1. The standard InChI is InChI=1S/C44H28N2/c1-2-13-34(14-3-1)46-43-28-42-39(27-40(43)38-25-22-31-11-6-7-15-36(31)44(38)46)37-16-8-9-17-41(37)45(42)35-23-20-30(21-24-35)33-19-18-29-10-4-5-12-32(29)26-33/h1-28H. The largest absolute Gasteiger partial charge is 0.309 e. The minimum Gasteiger partial charge on any atom is -0.309 e. The summed E-state index contributed by atoms with van der Waals surface area (Å²) in [5, 5.41) is 10.1. The lowest BCUT2D eigenvalue weighted by Gasteiger charge is -2.12. The van der Waals surface area contributed by atoms with Gasteiger partial charge in [-0.1, -0.05) is 121 Å². The van der Waals surface area contributed by atoms with Gasteiger partial charge in [0.25, 0.3) is 0 Å². The summed E-state index contributed by atoms with van der Waals surface area (Å²) in [7, 11) is 0. The van der Waals surface area contributed by atoms with Crippen molar-refractivity contribution in [2.75, 3.05) is 0 Å². The van der Waals surface area contributed by atoms with Crippen LogP contribution >= 0.6 is 0 Å². The third-order valence-electron chi connectivity index (χ3n) is 9.67. The fraction of sp³-hybridized carbons (Fsp3) is 0. The van der Waals surface area contributed by atoms with Crippen LogP contribution in [0.5, 0.6) is 0 Å². The first-order valence-corrected chi connectivity index (χ1v) is 15.9. The summed E-state index contributed by atoms with van der Waals surface area (Å²) in [5.41, 5.74) is 9.65. The van der Waals surface area contributed by atoms with Gasteiger partial charge in [0.15, 0.2) is 0 Å². The van der Waals surface area contributed by atoms with Crippen LogP contribution in [0.3, 0.4) is 0 Å². The van der Waals surface area contributed by atoms with E-state index in [2.05, 4.69) is 179 Å². The van der Waals surface area contributed by atoms with E-state index in [0.29, 0.717) is 0 Å². The Morgan fingerprint density at radius 2 is 0.891 bits per heavy atom. The van der Waals surface area contributed by atoms with E-state index in [4.69, 9.17) is 0 Å². The molecule has 2 aromatic heterocycles. The van der Waals surface area contributed by atoms with Gasteiger partial charge in [-0.25, -0.2) is 0 Å². The van der Waals surface area contributed by atoms with Crippen molar-refractivity contribution >= 4 is 65.2 Å². The van der Waals surface area contributed by atoms with E-state index in [1.54, 1.807) is 0 Å². The first kappa shape index (κ1) is 25.2. The van der Waals surface area contributed by atoms with Crippen LogP contribution in [0, 0.1) is 0 Å². The van der Waals surface area contributed by atoms with Crippen molar-refractivity contribution in [2.45, 2.75) is 0 Å². The number of benzene rings is 8. The monoisotopic (exact) mass is 584 g/mol. The smallest absolute Gasteiger partial charge is 0.0619 e. The molecule has 0 unspecified atom stereocenters. The van der Waals surface area contributed by atoms with Gasteiger partial charge in [-0.3, -0.25) is 0 Å². The Morgan fingerprint density at radius 3 is 1.74 bits per heavy atom. The molecular formula is C44H28N2. The highest BCUT2D eigenvalue weighted by Gasteiger charge is 2.19. The molecule has 0 aliphatic carbocycles. The molecule has 0 saturated carbocycles. The van der Waals surface area contributed by atoms with Crippen molar-refractivity contribution in [3.8, 4) is 22.5 Å². The van der Waals surface area contributed by atoms with Crippen molar-refractivity contribution < 1.29 is 0 Å². The molecule has 10 aromatic rings. The van der Waals surface area contributed by atoms with Gasteiger partial charge in [0.1, 0.15) is 0 Å². The molecular weight excluding hydrogens is 556 g/mol. The summed E-state index contributed by atoms with van der Waals surface area (Å²) in [4.78, 5) is 0. The fourth-order valence-electron chi connectivity index (χ4n) is 7.53. The van der Waals surface area contributed by atoms with E-state index in [9.17, 15) is 0 Å². The van der Waals surface area contributed by atoms with Crippen molar-refractivity contribution in [2.24, 2.45) is 0 Å². The molecule has 8 aromatic carbocycles. The average molecular weight is 585 g/mol. The van der Waals surface area contributed by atoms with Crippen LogP contribution in [0.25, 0.3) is 87.7 Å². The summed E-state index contributed by atoms with van der Waals surface area (Å²) < 4.78 is 4.89. The molecule has 0 spiro atoms. The lowest BCUT2D eigenvalue weighted by molar-refractivity contribution is 1.17. The number of fused-ring (bicyclic) bond motifs is 9. The first-order chi connectivity index (χ1) is 22.8. The van der Waals surface area contributed by atoms with Crippen LogP contribution in [0.1, 0.15) is 0 Å². The van der Waals surface area contributed by atoms with Gasteiger partial charge in [-0.2, -0.15) is 0 Å². The third kappa shape index (κ3) is 3.65. The van der Waals surface area contributed by atoms with E-state index in [0.717, 1.165) is 5.69 Å². The molecule has 0 saturated heterocycles. The van der Waals surface area contributed by atoms with Gasteiger partial charge in [-0.15, -0.1) is 0 Å². The van der Waals surface area contributed by atoms with Crippen LogP contribution in [-0.4, -0.2) is 9.13 Å². The van der Waals surface area contributed by atoms with Gasteiger partial charge in [0.2, 0.25) is 0 Å². The summed E-state index contributed by atoms with van der Waals surface area (Å²) >= 11 is 0. The molecule has 2 heteroatoms. The van der Waals surface area contributed by atoms with E-state index < -0.39 is 0 Å². The molecule has 0 aliphatic heterocycles. The molecule has 10 rings (SSSR count). The van der Waals surface area contributed by atoms with Crippen LogP contribution in [0.2, 0.25) is 0 Å². The Balaban J connectivity index is 1.25. The van der Waals surface area contributed by atoms with Gasteiger partial charge < -0.3 is 9.13 Å². The summed E-state index contributed by atoms with van der Waals surface area (Å²) in [6, 6.07) is 62.0. The van der Waals surface area contributed by atoms with Crippen LogP contribution < -0.4 is 0 Å². The molecule has 2 nitrogen and oxygen atoms in total. The Hall–Kier alpha value is -6.12. The van der Waals surface area contributed by atoms with Crippen LogP contribution in [-0.2, 0) is 0 Å². The van der Waals surface area contributed by atoms with Crippen molar-refractivity contribution in [1.82, 2.24) is 9.13 Å². The number of rotatable bonds is 3. The SMILES string of the molecule is c1ccc(-n2c3cc4c(cc3c3ccc5ccccc5c32)c2ccccc2n4-c2ccc(-c3ccc4ccccc4c3)cc2)cc1. The predicted molar refractivity (Wildman–Crippen MR) is 196 cm³/mol. The second-order valence-corrected chi connectivity index (χ2v) is 12.2. The van der Waals surface area contributed by atoms with Crippen LogP contribution in [0.4, 0.5) is 0 Å². The number of para-hydroxylation sites is 2. The molecule has 0 aliphatic rings. The molecule has 214 valence electrons. The predicted octanol–water partition coefficient (Wildman–Crippen LogP) is 11.9. The summed E-state index contributed by atoms with van der Waals surface area (Å²) in [5.74, 6) is 0. The average Bonchev–Trinajstić information content (AvgIpc) is 3.63. The normalized spacial score (nSPS) is 11.9. The highest BCUT2D eigenvalue weighted by Crippen LogP contribution is 2.41. The maximum absolute atomic E-state index is 2.46. The van der Waals surface area contributed by atoms with E-state index in [1.165, 1.54) is 82.0 Å². The molecule has 46 heavy (non-hydrogen) atoms. The zero-order chi connectivity index (χ0) is 30.2. The highest BCUT2D eigenvalue weighted by atomic mass is 15.0. The van der Waals surface area contributed by atoms with E-state index >= 15 is 0 Å². The zero-order valence-corrected chi connectivity index (χ0v) is 25.1. The number of hydrogen-bond donors (Lipinski definition) is 0. The molecule has 0 atom stereocenters. The fourth-order valence-corrected chi connectivity index (χ4v) is 7.53. The molecule has 0 N–H and O–H groups in total. The van der Waals surface area contributed by atoms with Gasteiger partial charge in [0, 0.05) is 38.3 Å². The lowest BCUT2D eigenvalue weighted by atomic mass is 10.0. The Bertz CT molecular complexity index is 2780. The number of aromatic nitrogens is 2. The Labute approximate surface area is 266 Å². The van der Waals surface area contributed by atoms with Gasteiger partial charge in [-0.05, 0) is 75.8 Å².